The van der Waals surface area contributed by atoms with E-state index in [4.69, 9.17) is 4.74 Å². The number of nitrogens with zero attached hydrogens (tertiary/aromatic N) is 1. The topological polar surface area (TPSA) is 34.1 Å². The average molecular weight is 260 g/mol. The highest BCUT2D eigenvalue weighted by molar-refractivity contribution is 5.27. The van der Waals surface area contributed by atoms with E-state index in [2.05, 4.69) is 29.5 Å². The Labute approximate surface area is 115 Å². The number of hydrogen-bond acceptors (Lipinski definition) is 3. The van der Waals surface area contributed by atoms with Crippen molar-refractivity contribution in [2.75, 3.05) is 13.7 Å². The number of likely N-dealkylation sites (N-methyl/N-ethyl adjacent to an activating group) is 1. The SMILES string of the molecule is CNC(C1CCCCO1)C1CCCc2cccnc21. The molecule has 1 aliphatic carbocycles. The number of fused-ring (bicyclic) bond motifs is 1. The van der Waals surface area contributed by atoms with Gasteiger partial charge in [-0.3, -0.25) is 4.98 Å². The van der Waals surface area contributed by atoms with Gasteiger partial charge in [-0.15, -0.1) is 0 Å². The summed E-state index contributed by atoms with van der Waals surface area (Å²) in [5, 5.41) is 3.52. The van der Waals surface area contributed by atoms with Gasteiger partial charge in [0, 0.05) is 30.5 Å². The van der Waals surface area contributed by atoms with Crippen LogP contribution < -0.4 is 5.32 Å². The molecule has 0 bridgehead atoms. The normalized spacial score (nSPS) is 28.7. The molecule has 0 amide bonds. The van der Waals surface area contributed by atoms with Gasteiger partial charge in [0.05, 0.1) is 6.10 Å². The quantitative estimate of drug-likeness (QED) is 0.907. The minimum absolute atomic E-state index is 0.358. The fourth-order valence-corrected chi connectivity index (χ4v) is 3.69. The zero-order chi connectivity index (χ0) is 13.1. The first-order chi connectivity index (χ1) is 9.40. The Balaban J connectivity index is 1.83. The lowest BCUT2D eigenvalue weighted by Gasteiger charge is -2.37. The molecular formula is C16H24N2O. The van der Waals surface area contributed by atoms with Crippen LogP contribution in [0.15, 0.2) is 18.3 Å². The van der Waals surface area contributed by atoms with Crippen LogP contribution in [0.25, 0.3) is 0 Å². The minimum Gasteiger partial charge on any atom is -0.377 e. The summed E-state index contributed by atoms with van der Waals surface area (Å²) in [6, 6.07) is 4.71. The van der Waals surface area contributed by atoms with E-state index in [-0.39, 0.29) is 0 Å². The molecule has 104 valence electrons. The van der Waals surface area contributed by atoms with Crippen LogP contribution >= 0.6 is 0 Å². The third kappa shape index (κ3) is 2.67. The van der Waals surface area contributed by atoms with Crippen molar-refractivity contribution in [2.24, 2.45) is 0 Å². The molecule has 1 aromatic heterocycles. The van der Waals surface area contributed by atoms with Crippen molar-refractivity contribution in [1.29, 1.82) is 0 Å². The fraction of sp³-hybridized carbons (Fsp3) is 0.688. The molecule has 3 atom stereocenters. The summed E-state index contributed by atoms with van der Waals surface area (Å²) in [7, 11) is 2.07. The van der Waals surface area contributed by atoms with E-state index in [9.17, 15) is 0 Å². The summed E-state index contributed by atoms with van der Waals surface area (Å²) in [6.07, 6.45) is 9.68. The molecule has 1 saturated heterocycles. The van der Waals surface area contributed by atoms with Crippen LogP contribution in [-0.2, 0) is 11.2 Å². The van der Waals surface area contributed by atoms with Crippen molar-refractivity contribution in [3.8, 4) is 0 Å². The zero-order valence-corrected chi connectivity index (χ0v) is 11.8. The molecule has 0 radical (unpaired) electrons. The molecule has 19 heavy (non-hydrogen) atoms. The van der Waals surface area contributed by atoms with Crippen LogP contribution in [0.3, 0.4) is 0 Å². The van der Waals surface area contributed by atoms with Gasteiger partial charge in [-0.1, -0.05) is 6.07 Å². The average Bonchev–Trinajstić information content (AvgIpc) is 2.49. The fourth-order valence-electron chi connectivity index (χ4n) is 3.69. The van der Waals surface area contributed by atoms with E-state index in [0.29, 0.717) is 18.1 Å². The van der Waals surface area contributed by atoms with Crippen LogP contribution in [0.2, 0.25) is 0 Å². The van der Waals surface area contributed by atoms with Gasteiger partial charge in [-0.25, -0.2) is 0 Å². The largest absolute Gasteiger partial charge is 0.377 e. The highest BCUT2D eigenvalue weighted by Crippen LogP contribution is 2.35. The van der Waals surface area contributed by atoms with E-state index < -0.39 is 0 Å². The first kappa shape index (κ1) is 13.1. The van der Waals surface area contributed by atoms with Gasteiger partial charge in [0.25, 0.3) is 0 Å². The summed E-state index contributed by atoms with van der Waals surface area (Å²) < 4.78 is 6.01. The number of hydrogen-bond donors (Lipinski definition) is 1. The second kappa shape index (κ2) is 6.02. The highest BCUT2D eigenvalue weighted by atomic mass is 16.5. The van der Waals surface area contributed by atoms with E-state index in [0.717, 1.165) is 6.61 Å². The van der Waals surface area contributed by atoms with Crippen molar-refractivity contribution in [2.45, 2.75) is 56.6 Å². The lowest BCUT2D eigenvalue weighted by atomic mass is 9.79. The number of rotatable bonds is 3. The summed E-state index contributed by atoms with van der Waals surface area (Å²) in [5.74, 6) is 0.512. The van der Waals surface area contributed by atoms with Crippen LogP contribution in [0.5, 0.6) is 0 Å². The Morgan fingerprint density at radius 2 is 2.26 bits per heavy atom. The molecule has 3 nitrogen and oxygen atoms in total. The molecule has 3 unspecified atom stereocenters. The number of aromatic nitrogens is 1. The summed E-state index contributed by atoms with van der Waals surface area (Å²) in [4.78, 5) is 4.67. The lowest BCUT2D eigenvalue weighted by Crippen LogP contribution is -2.46. The molecule has 3 rings (SSSR count). The zero-order valence-electron chi connectivity index (χ0n) is 11.8. The Morgan fingerprint density at radius 1 is 1.32 bits per heavy atom. The van der Waals surface area contributed by atoms with Crippen LogP contribution in [0.1, 0.15) is 49.3 Å². The molecule has 0 spiro atoms. The Hall–Kier alpha value is -0.930. The smallest absolute Gasteiger partial charge is 0.0734 e. The Bertz CT molecular complexity index is 415. The van der Waals surface area contributed by atoms with Crippen LogP contribution in [0, 0.1) is 0 Å². The predicted octanol–water partition coefficient (Wildman–Crippen LogP) is 2.66. The van der Waals surface area contributed by atoms with E-state index >= 15 is 0 Å². The Morgan fingerprint density at radius 3 is 3.05 bits per heavy atom. The molecule has 3 heteroatoms. The van der Waals surface area contributed by atoms with Gasteiger partial charge >= 0.3 is 0 Å². The molecule has 1 N–H and O–H groups in total. The molecular weight excluding hydrogens is 236 g/mol. The van der Waals surface area contributed by atoms with Gasteiger partial charge in [0.15, 0.2) is 0 Å². The van der Waals surface area contributed by atoms with Crippen molar-refractivity contribution in [3.05, 3.63) is 29.6 Å². The van der Waals surface area contributed by atoms with E-state index in [1.807, 2.05) is 6.20 Å². The number of nitrogens with one attached hydrogen (secondary N) is 1. The summed E-state index contributed by atoms with van der Waals surface area (Å²) in [5.41, 5.74) is 2.75. The molecule has 1 aliphatic heterocycles. The van der Waals surface area contributed by atoms with Crippen molar-refractivity contribution < 1.29 is 4.74 Å². The van der Waals surface area contributed by atoms with Gasteiger partial charge in [0.2, 0.25) is 0 Å². The summed E-state index contributed by atoms with van der Waals surface area (Å²) in [6.45, 7) is 0.921. The maximum atomic E-state index is 6.01. The number of aryl methyl sites for hydroxylation is 1. The van der Waals surface area contributed by atoms with E-state index in [1.54, 1.807) is 0 Å². The molecule has 1 fully saturated rings. The van der Waals surface area contributed by atoms with Crippen molar-refractivity contribution in [3.63, 3.8) is 0 Å². The molecule has 2 heterocycles. The second-order valence-electron chi connectivity index (χ2n) is 5.77. The lowest BCUT2D eigenvalue weighted by molar-refractivity contribution is -0.0134. The van der Waals surface area contributed by atoms with E-state index in [1.165, 1.54) is 49.8 Å². The first-order valence-electron chi connectivity index (χ1n) is 7.63. The van der Waals surface area contributed by atoms with Gasteiger partial charge in [-0.2, -0.15) is 0 Å². The molecule has 0 saturated carbocycles. The van der Waals surface area contributed by atoms with Gasteiger partial charge in [0.1, 0.15) is 0 Å². The molecule has 1 aromatic rings. The standard InChI is InChI=1S/C16H24N2O/c1-17-16(14-9-2-3-11-19-14)13-8-4-6-12-7-5-10-18-15(12)13/h5,7,10,13-14,16-17H,2-4,6,8-9,11H2,1H3. The van der Waals surface area contributed by atoms with Crippen molar-refractivity contribution >= 4 is 0 Å². The summed E-state index contributed by atoms with van der Waals surface area (Å²) >= 11 is 0. The molecule has 0 aromatic carbocycles. The third-order valence-electron chi connectivity index (χ3n) is 4.62. The highest BCUT2D eigenvalue weighted by Gasteiger charge is 2.34. The number of pyridine rings is 1. The first-order valence-corrected chi connectivity index (χ1v) is 7.63. The van der Waals surface area contributed by atoms with Gasteiger partial charge in [-0.05, 0) is 57.2 Å². The monoisotopic (exact) mass is 260 g/mol. The second-order valence-corrected chi connectivity index (χ2v) is 5.77. The predicted molar refractivity (Wildman–Crippen MR) is 76.4 cm³/mol. The van der Waals surface area contributed by atoms with Crippen molar-refractivity contribution in [1.82, 2.24) is 10.3 Å². The number of ether oxygens (including phenoxy) is 1. The minimum atomic E-state index is 0.358. The maximum Gasteiger partial charge on any atom is 0.0734 e. The van der Waals surface area contributed by atoms with Crippen LogP contribution in [-0.4, -0.2) is 30.8 Å². The Kier molecular flexibility index (Phi) is 4.14. The maximum absolute atomic E-state index is 6.01. The van der Waals surface area contributed by atoms with Gasteiger partial charge < -0.3 is 10.1 Å². The third-order valence-corrected chi connectivity index (χ3v) is 4.62. The molecule has 2 aliphatic rings. The van der Waals surface area contributed by atoms with Crippen LogP contribution in [0.4, 0.5) is 0 Å².